The van der Waals surface area contributed by atoms with Crippen LogP contribution in [0.1, 0.15) is 71.1 Å². The third kappa shape index (κ3) is 18.6. The molecule has 6 heteroatoms. The predicted octanol–water partition coefficient (Wildman–Crippen LogP) is 4.37. The molecule has 0 aromatic carbocycles. The maximum atomic E-state index is 10.2. The van der Waals surface area contributed by atoms with Crippen molar-refractivity contribution in [2.45, 2.75) is 71.1 Å². The van der Waals surface area contributed by atoms with Gasteiger partial charge < -0.3 is 0 Å². The van der Waals surface area contributed by atoms with Gasteiger partial charge in [-0.25, -0.2) is 4.18 Å². The minimum atomic E-state index is -4.23. The van der Waals surface area contributed by atoms with Gasteiger partial charge in [0, 0.05) is 13.5 Å². The average molecular weight is 298 g/mol. The molecule has 110 valence electrons. The molecule has 0 amide bonds. The normalized spacial score (nSPS) is 11.2. The van der Waals surface area contributed by atoms with E-state index in [-0.39, 0.29) is 20.1 Å². The summed E-state index contributed by atoms with van der Waals surface area (Å²) in [6, 6.07) is 0. The van der Waals surface area contributed by atoms with Crippen molar-refractivity contribution < 1.29 is 17.2 Å². The van der Waals surface area contributed by atoms with Crippen LogP contribution in [0.3, 0.4) is 0 Å². The summed E-state index contributed by atoms with van der Waals surface area (Å²) in [7, 11) is -4.23. The lowest BCUT2D eigenvalue weighted by atomic mass is 10.1. The predicted molar refractivity (Wildman–Crippen MR) is 76.9 cm³/mol. The van der Waals surface area contributed by atoms with Crippen molar-refractivity contribution in [3.05, 3.63) is 0 Å². The first-order valence-corrected chi connectivity index (χ1v) is 8.04. The molecule has 0 rings (SSSR count). The molecular weight excluding hydrogens is 272 g/mol. The summed E-state index contributed by atoms with van der Waals surface area (Å²) in [4.78, 5) is 0. The molecule has 0 unspecified atom stereocenters. The van der Waals surface area contributed by atoms with Crippen molar-refractivity contribution in [1.82, 2.24) is 0 Å². The molecule has 0 fully saturated rings. The fourth-order valence-corrected chi connectivity index (χ4v) is 2.08. The second-order valence-corrected chi connectivity index (χ2v) is 5.52. The van der Waals surface area contributed by atoms with Crippen molar-refractivity contribution in [2.75, 3.05) is 6.61 Å². The van der Waals surface area contributed by atoms with Crippen LogP contribution in [-0.4, -0.2) is 19.6 Å². The smallest absolute Gasteiger partial charge is 0.264 e. The van der Waals surface area contributed by atoms with Gasteiger partial charge in [-0.15, -0.1) is 0 Å². The molecule has 0 saturated carbocycles. The number of unbranched alkanes of at least 4 members (excludes halogenated alkanes) is 9. The summed E-state index contributed by atoms with van der Waals surface area (Å²) >= 11 is 0. The summed E-state index contributed by atoms with van der Waals surface area (Å²) in [6.07, 6.45) is 11.9. The van der Waals surface area contributed by atoms with E-state index < -0.39 is 10.4 Å². The first-order valence-electron chi connectivity index (χ1n) is 6.68. The summed E-state index contributed by atoms with van der Waals surface area (Å²) in [5, 5.41) is 0. The molecule has 0 atom stereocenters. The Kier molecular flexibility index (Phi) is 15.6. The van der Waals surface area contributed by atoms with Crippen LogP contribution in [0.4, 0.5) is 0 Å². The quantitative estimate of drug-likeness (QED) is 0.429. The highest BCUT2D eigenvalue weighted by atomic mass is 32.3. The molecule has 0 heterocycles. The summed E-state index contributed by atoms with van der Waals surface area (Å²) in [5.41, 5.74) is 0. The maximum absolute atomic E-state index is 10.2. The van der Waals surface area contributed by atoms with Crippen LogP contribution in [0.25, 0.3) is 0 Å². The second kappa shape index (κ2) is 13.6. The van der Waals surface area contributed by atoms with Crippen molar-refractivity contribution >= 4 is 23.9 Å². The van der Waals surface area contributed by atoms with Gasteiger partial charge in [0.05, 0.1) is 6.61 Å². The lowest BCUT2D eigenvalue weighted by Crippen LogP contribution is -2.04. The van der Waals surface area contributed by atoms with Gasteiger partial charge in [-0.1, -0.05) is 64.7 Å². The van der Waals surface area contributed by atoms with E-state index in [9.17, 15) is 8.42 Å². The van der Waals surface area contributed by atoms with E-state index in [1.807, 2.05) is 0 Å². The third-order valence-corrected chi connectivity index (χ3v) is 3.19. The average Bonchev–Trinajstić information content (AvgIpc) is 2.24. The molecule has 0 aromatic heterocycles. The topological polar surface area (TPSA) is 63.6 Å². The van der Waals surface area contributed by atoms with Crippen LogP contribution < -0.4 is 0 Å². The standard InChI is InChI=1S/C12H26O4S.S/c1-2-3-4-5-6-7-8-9-10-11-12-16-17(13,14)15;/h2-12H2,1H3,(H,13,14,15);. The van der Waals surface area contributed by atoms with Crippen molar-refractivity contribution in [3.8, 4) is 0 Å². The Hall–Kier alpha value is 0.220. The molecular formula is C12H26O4S2. The fourth-order valence-electron chi connectivity index (χ4n) is 1.75. The summed E-state index contributed by atoms with van der Waals surface area (Å²) < 4.78 is 33.0. The van der Waals surface area contributed by atoms with Gasteiger partial charge in [-0.3, -0.25) is 4.55 Å². The molecule has 1 N–H and O–H groups in total. The molecule has 0 aliphatic rings. The molecule has 2 radical (unpaired) electrons. The van der Waals surface area contributed by atoms with E-state index in [1.54, 1.807) is 0 Å². The van der Waals surface area contributed by atoms with E-state index in [0.717, 1.165) is 12.8 Å². The van der Waals surface area contributed by atoms with Crippen molar-refractivity contribution in [2.24, 2.45) is 0 Å². The van der Waals surface area contributed by atoms with E-state index in [2.05, 4.69) is 11.1 Å². The third-order valence-electron chi connectivity index (χ3n) is 2.73. The zero-order chi connectivity index (χ0) is 13.0. The fraction of sp³-hybridized carbons (Fsp3) is 1.00. The zero-order valence-corrected chi connectivity index (χ0v) is 12.9. The number of hydrogen-bond acceptors (Lipinski definition) is 3. The largest absolute Gasteiger partial charge is 0.397 e. The minimum Gasteiger partial charge on any atom is -0.264 e. The first kappa shape index (κ1) is 20.5. The van der Waals surface area contributed by atoms with Gasteiger partial charge in [-0.2, -0.15) is 8.42 Å². The highest BCUT2D eigenvalue weighted by Crippen LogP contribution is 2.10. The Bertz CT molecular complexity index is 253. The molecule has 0 aromatic rings. The summed E-state index contributed by atoms with van der Waals surface area (Å²) in [6.45, 7) is 2.31. The molecule has 18 heavy (non-hydrogen) atoms. The van der Waals surface area contributed by atoms with Crippen molar-refractivity contribution in [1.29, 1.82) is 0 Å². The van der Waals surface area contributed by atoms with Crippen LogP contribution in [0.15, 0.2) is 0 Å². The van der Waals surface area contributed by atoms with Crippen LogP contribution in [0, 0.1) is 0 Å². The monoisotopic (exact) mass is 298 g/mol. The Balaban J connectivity index is 0. The SMILES string of the molecule is CCCCCCCCCCCCOS(=O)(=O)O.[S]. The second-order valence-electron chi connectivity index (χ2n) is 4.43. The van der Waals surface area contributed by atoms with Crippen LogP contribution in [0.2, 0.25) is 0 Å². The minimum absolute atomic E-state index is 0. The van der Waals surface area contributed by atoms with Crippen LogP contribution in [-0.2, 0) is 14.6 Å². The molecule has 0 bridgehead atoms. The summed E-state index contributed by atoms with van der Waals surface area (Å²) in [5.74, 6) is 0. The van der Waals surface area contributed by atoms with E-state index in [4.69, 9.17) is 4.55 Å². The lowest BCUT2D eigenvalue weighted by Gasteiger charge is -2.02. The maximum Gasteiger partial charge on any atom is 0.397 e. The van der Waals surface area contributed by atoms with Gasteiger partial charge in [0.1, 0.15) is 0 Å². The Morgan fingerprint density at radius 2 is 1.22 bits per heavy atom. The molecule has 0 spiro atoms. The van der Waals surface area contributed by atoms with Gasteiger partial charge in [0.25, 0.3) is 0 Å². The molecule has 4 nitrogen and oxygen atoms in total. The van der Waals surface area contributed by atoms with E-state index in [1.165, 1.54) is 44.9 Å². The van der Waals surface area contributed by atoms with E-state index >= 15 is 0 Å². The molecule has 0 aliphatic carbocycles. The Morgan fingerprint density at radius 3 is 1.61 bits per heavy atom. The highest BCUT2D eigenvalue weighted by molar-refractivity contribution is 7.80. The Morgan fingerprint density at radius 1 is 0.833 bits per heavy atom. The van der Waals surface area contributed by atoms with Gasteiger partial charge in [0.15, 0.2) is 0 Å². The van der Waals surface area contributed by atoms with Gasteiger partial charge in [0.2, 0.25) is 0 Å². The molecule has 0 saturated heterocycles. The Labute approximate surface area is 119 Å². The lowest BCUT2D eigenvalue weighted by molar-refractivity contribution is 0.261. The van der Waals surface area contributed by atoms with Crippen LogP contribution >= 0.6 is 13.5 Å². The van der Waals surface area contributed by atoms with Crippen LogP contribution in [0.5, 0.6) is 0 Å². The van der Waals surface area contributed by atoms with Gasteiger partial charge in [-0.05, 0) is 6.42 Å². The first-order chi connectivity index (χ1) is 8.06. The van der Waals surface area contributed by atoms with Crippen molar-refractivity contribution in [3.63, 3.8) is 0 Å². The number of rotatable bonds is 12. The number of hydrogen-bond donors (Lipinski definition) is 1. The van der Waals surface area contributed by atoms with Gasteiger partial charge >= 0.3 is 10.4 Å². The van der Waals surface area contributed by atoms with E-state index in [0.29, 0.717) is 6.42 Å². The highest BCUT2D eigenvalue weighted by Gasteiger charge is 2.02. The zero-order valence-electron chi connectivity index (χ0n) is 11.3. The molecule has 0 aliphatic heterocycles.